The Balaban J connectivity index is 2.94. The highest BCUT2D eigenvalue weighted by molar-refractivity contribution is 5.78. The number of ether oxygens (including phenoxy) is 1. The summed E-state index contributed by atoms with van der Waals surface area (Å²) in [5.74, 6) is -5.80. The van der Waals surface area contributed by atoms with Gasteiger partial charge in [-0.15, -0.1) is 0 Å². The van der Waals surface area contributed by atoms with Gasteiger partial charge in [0.25, 0.3) is 0 Å². The molecule has 96 valence electrons. The summed E-state index contributed by atoms with van der Waals surface area (Å²) in [6.45, 7) is 1.19. The predicted molar refractivity (Wildman–Crippen MR) is 57.7 cm³/mol. The first kappa shape index (κ1) is 14.1. The zero-order valence-electron chi connectivity index (χ0n) is 9.56. The number of benzene rings is 1. The van der Waals surface area contributed by atoms with Crippen LogP contribution in [0.5, 0.6) is 0 Å². The normalized spacial score (nSPS) is 12.6. The molecule has 1 N–H and O–H groups in total. The number of esters is 1. The molecule has 0 aliphatic rings. The van der Waals surface area contributed by atoms with Gasteiger partial charge in [0.15, 0.2) is 6.10 Å². The summed E-state index contributed by atoms with van der Waals surface area (Å²) in [5, 5.41) is 18.0. The summed E-state index contributed by atoms with van der Waals surface area (Å²) in [7, 11) is 0. The van der Waals surface area contributed by atoms with Crippen LogP contribution in [0.1, 0.15) is 24.2 Å². The van der Waals surface area contributed by atoms with E-state index in [-0.39, 0.29) is 17.7 Å². The van der Waals surface area contributed by atoms with E-state index in [1.165, 1.54) is 19.1 Å². The third-order valence-electron chi connectivity index (χ3n) is 2.25. The Morgan fingerprint density at radius 1 is 1.50 bits per heavy atom. The van der Waals surface area contributed by atoms with Gasteiger partial charge in [0.2, 0.25) is 0 Å². The molecule has 0 bridgehead atoms. The van der Waals surface area contributed by atoms with Crippen molar-refractivity contribution < 1.29 is 23.4 Å². The van der Waals surface area contributed by atoms with Crippen molar-refractivity contribution in [1.82, 2.24) is 0 Å². The first-order valence-corrected chi connectivity index (χ1v) is 5.16. The molecule has 0 saturated heterocycles. The molecule has 1 aromatic rings. The van der Waals surface area contributed by atoms with E-state index in [1.807, 2.05) is 6.07 Å². The van der Waals surface area contributed by atoms with Crippen LogP contribution in [0.4, 0.5) is 8.78 Å². The lowest BCUT2D eigenvalue weighted by Crippen LogP contribution is -2.37. The molecule has 0 aliphatic heterocycles. The smallest absolute Gasteiger partial charge is 0.380 e. The molecule has 1 unspecified atom stereocenters. The fourth-order valence-electron chi connectivity index (χ4n) is 1.29. The molecule has 0 amide bonds. The van der Waals surface area contributed by atoms with Gasteiger partial charge in [0.1, 0.15) is 0 Å². The Kier molecular flexibility index (Phi) is 4.34. The van der Waals surface area contributed by atoms with E-state index in [9.17, 15) is 18.7 Å². The molecule has 0 aliphatic carbocycles. The lowest BCUT2D eigenvalue weighted by Gasteiger charge is -2.20. The van der Waals surface area contributed by atoms with Crippen LogP contribution in [0.3, 0.4) is 0 Å². The predicted octanol–water partition coefficient (Wildman–Crippen LogP) is 1.79. The van der Waals surface area contributed by atoms with E-state index in [0.717, 1.165) is 12.1 Å². The van der Waals surface area contributed by atoms with E-state index >= 15 is 0 Å². The zero-order chi connectivity index (χ0) is 13.8. The molecule has 6 heteroatoms. The van der Waals surface area contributed by atoms with Crippen molar-refractivity contribution in [2.45, 2.75) is 19.0 Å². The SMILES string of the molecule is CCOC(=O)C(F)(F)C(O)c1ccc(C#N)cc1. The third-order valence-corrected chi connectivity index (χ3v) is 2.25. The minimum Gasteiger partial charge on any atom is -0.461 e. The number of nitriles is 1. The highest BCUT2D eigenvalue weighted by Crippen LogP contribution is 2.32. The first-order valence-electron chi connectivity index (χ1n) is 5.16. The number of nitrogens with zero attached hydrogens (tertiary/aromatic N) is 1. The van der Waals surface area contributed by atoms with E-state index in [2.05, 4.69) is 4.74 Å². The van der Waals surface area contributed by atoms with Gasteiger partial charge >= 0.3 is 11.9 Å². The summed E-state index contributed by atoms with van der Waals surface area (Å²) < 4.78 is 31.1. The lowest BCUT2D eigenvalue weighted by atomic mass is 10.0. The van der Waals surface area contributed by atoms with Crippen LogP contribution in [0.25, 0.3) is 0 Å². The van der Waals surface area contributed by atoms with Crippen LogP contribution in [0.15, 0.2) is 24.3 Å². The molecule has 0 radical (unpaired) electrons. The third kappa shape index (κ3) is 2.81. The van der Waals surface area contributed by atoms with Crippen LogP contribution in [0, 0.1) is 11.3 Å². The second-order valence-corrected chi connectivity index (χ2v) is 3.48. The van der Waals surface area contributed by atoms with Gasteiger partial charge in [-0.1, -0.05) is 12.1 Å². The number of carbonyl (C=O) groups excluding carboxylic acids is 1. The summed E-state index contributed by atoms with van der Waals surface area (Å²) >= 11 is 0. The maximum atomic E-state index is 13.5. The van der Waals surface area contributed by atoms with Gasteiger partial charge in [-0.25, -0.2) is 4.79 Å². The number of aliphatic hydroxyl groups excluding tert-OH is 1. The van der Waals surface area contributed by atoms with Crippen molar-refractivity contribution in [3.8, 4) is 6.07 Å². The summed E-state index contributed by atoms with van der Waals surface area (Å²) in [6.07, 6.45) is -2.30. The highest BCUT2D eigenvalue weighted by atomic mass is 19.3. The molecular weight excluding hydrogens is 244 g/mol. The topological polar surface area (TPSA) is 70.3 Å². The Hall–Kier alpha value is -2.00. The Bertz CT molecular complexity index is 465. The van der Waals surface area contributed by atoms with Gasteiger partial charge in [0.05, 0.1) is 18.2 Å². The largest absolute Gasteiger partial charge is 0.461 e. The number of carbonyl (C=O) groups is 1. The number of hydrogen-bond acceptors (Lipinski definition) is 4. The van der Waals surface area contributed by atoms with Gasteiger partial charge in [0, 0.05) is 0 Å². The van der Waals surface area contributed by atoms with E-state index in [0.29, 0.717) is 0 Å². The van der Waals surface area contributed by atoms with Crippen molar-refractivity contribution >= 4 is 5.97 Å². The van der Waals surface area contributed by atoms with E-state index in [1.54, 1.807) is 0 Å². The van der Waals surface area contributed by atoms with Gasteiger partial charge in [-0.2, -0.15) is 14.0 Å². The van der Waals surface area contributed by atoms with Crippen molar-refractivity contribution in [1.29, 1.82) is 5.26 Å². The fraction of sp³-hybridized carbons (Fsp3) is 0.333. The molecule has 18 heavy (non-hydrogen) atoms. The maximum Gasteiger partial charge on any atom is 0.380 e. The number of alkyl halides is 2. The molecule has 0 saturated carbocycles. The maximum absolute atomic E-state index is 13.5. The van der Waals surface area contributed by atoms with Crippen molar-refractivity contribution in [2.24, 2.45) is 0 Å². The summed E-state index contributed by atoms with van der Waals surface area (Å²) in [5.41, 5.74) is 0.109. The molecule has 0 fully saturated rings. The number of hydrogen-bond donors (Lipinski definition) is 1. The van der Waals surface area contributed by atoms with E-state index < -0.39 is 18.0 Å². The van der Waals surface area contributed by atoms with Crippen molar-refractivity contribution in [2.75, 3.05) is 6.61 Å². The molecule has 1 atom stereocenters. The van der Waals surface area contributed by atoms with Crippen LogP contribution < -0.4 is 0 Å². The lowest BCUT2D eigenvalue weighted by molar-refractivity contribution is -0.189. The van der Waals surface area contributed by atoms with Crippen molar-refractivity contribution in [3.05, 3.63) is 35.4 Å². The molecule has 0 heterocycles. The number of rotatable bonds is 4. The summed E-state index contributed by atoms with van der Waals surface area (Å²) in [6, 6.07) is 6.70. The monoisotopic (exact) mass is 255 g/mol. The fourth-order valence-corrected chi connectivity index (χ4v) is 1.29. The average Bonchev–Trinajstić information content (AvgIpc) is 2.38. The number of halogens is 2. The number of aliphatic hydroxyl groups is 1. The van der Waals surface area contributed by atoms with Crippen LogP contribution in [-0.2, 0) is 9.53 Å². The Morgan fingerprint density at radius 3 is 2.50 bits per heavy atom. The first-order chi connectivity index (χ1) is 8.43. The molecule has 0 aromatic heterocycles. The zero-order valence-corrected chi connectivity index (χ0v) is 9.56. The van der Waals surface area contributed by atoms with Gasteiger partial charge in [-0.3, -0.25) is 0 Å². The average molecular weight is 255 g/mol. The summed E-state index contributed by atoms with van der Waals surface area (Å²) in [4.78, 5) is 11.0. The second-order valence-electron chi connectivity index (χ2n) is 3.48. The molecule has 4 nitrogen and oxygen atoms in total. The van der Waals surface area contributed by atoms with Crippen LogP contribution in [0.2, 0.25) is 0 Å². The Morgan fingerprint density at radius 2 is 2.06 bits per heavy atom. The highest BCUT2D eigenvalue weighted by Gasteiger charge is 2.48. The quantitative estimate of drug-likeness (QED) is 0.833. The van der Waals surface area contributed by atoms with Crippen molar-refractivity contribution in [3.63, 3.8) is 0 Å². The Labute approximate surface area is 102 Å². The van der Waals surface area contributed by atoms with Crippen LogP contribution >= 0.6 is 0 Å². The molecule has 0 spiro atoms. The second kappa shape index (κ2) is 5.56. The van der Waals surface area contributed by atoms with Gasteiger partial charge < -0.3 is 9.84 Å². The van der Waals surface area contributed by atoms with Gasteiger partial charge in [-0.05, 0) is 24.6 Å². The standard InChI is InChI=1S/C12H11F2NO3/c1-2-18-11(17)12(13,14)10(16)9-5-3-8(7-15)4-6-9/h3-6,10,16H,2H2,1H3. The van der Waals surface area contributed by atoms with Crippen LogP contribution in [-0.4, -0.2) is 23.6 Å². The minimum absolute atomic E-state index is 0.160. The minimum atomic E-state index is -4.02. The molecular formula is C12H11F2NO3. The molecule has 1 rings (SSSR count). The van der Waals surface area contributed by atoms with E-state index in [4.69, 9.17) is 5.26 Å². The molecule has 1 aromatic carbocycles.